The number of hydrogen-bond acceptors (Lipinski definition) is 11. The molecule has 0 aromatic carbocycles. The minimum absolute atomic E-state index is 0.0145. The molecule has 0 aromatic rings. The van der Waals surface area contributed by atoms with Gasteiger partial charge in [0.05, 0.1) is 39.0 Å². The number of unbranched alkanes of at least 4 members (excludes halogenated alkanes) is 8. The Bertz CT molecular complexity index is 1110. The molecule has 324 valence electrons. The van der Waals surface area contributed by atoms with E-state index < -0.39 is 23.9 Å². The first-order valence-corrected chi connectivity index (χ1v) is 20.3. The number of Topliss-reactive ketones (excluding diaryl/α,β-unsaturated/α-hetero) is 1. The van der Waals surface area contributed by atoms with Crippen LogP contribution < -0.4 is 16.0 Å². The van der Waals surface area contributed by atoms with Gasteiger partial charge in [-0.2, -0.15) is 0 Å². The lowest BCUT2D eigenvalue weighted by atomic mass is 9.97. The van der Waals surface area contributed by atoms with E-state index in [0.29, 0.717) is 51.7 Å². The van der Waals surface area contributed by atoms with E-state index in [-0.39, 0.29) is 114 Å². The Labute approximate surface area is 331 Å². The molecule has 0 heterocycles. The Balaban J connectivity index is 3.68. The molecular formula is C39H69N3O14. The summed E-state index contributed by atoms with van der Waals surface area (Å²) in [5.41, 5.74) is 0. The molecule has 0 aliphatic rings. The highest BCUT2D eigenvalue weighted by Gasteiger charge is 2.21. The van der Waals surface area contributed by atoms with Crippen LogP contribution in [-0.2, 0) is 52.5 Å². The fraction of sp³-hybridized carbons (Fsp3) is 0.821. The number of carbonyl (C=O) groups excluding carboxylic acids is 4. The summed E-state index contributed by atoms with van der Waals surface area (Å²) in [6.07, 6.45) is 11.7. The molecule has 3 amide bonds. The largest absolute Gasteiger partial charge is 0.481 e. The van der Waals surface area contributed by atoms with Crippen molar-refractivity contribution in [3.8, 4) is 0 Å². The zero-order chi connectivity index (χ0) is 41.7. The van der Waals surface area contributed by atoms with Crippen molar-refractivity contribution < 1.29 is 67.8 Å². The first kappa shape index (κ1) is 52.3. The number of rotatable bonds is 41. The third-order valence-electron chi connectivity index (χ3n) is 8.70. The van der Waals surface area contributed by atoms with E-state index in [9.17, 15) is 38.7 Å². The van der Waals surface area contributed by atoms with Gasteiger partial charge in [0, 0.05) is 45.4 Å². The normalized spacial score (nSPS) is 12.1. The second-order valence-electron chi connectivity index (χ2n) is 13.7. The minimum Gasteiger partial charge on any atom is -0.481 e. The predicted octanol–water partition coefficient (Wildman–Crippen LogP) is 3.64. The summed E-state index contributed by atoms with van der Waals surface area (Å²) in [6, 6.07) is -1.12. The second-order valence-corrected chi connectivity index (χ2v) is 13.7. The number of nitrogens with one attached hydrogen (secondary N) is 3. The van der Waals surface area contributed by atoms with Crippen LogP contribution in [0.15, 0.2) is 0 Å². The standard InChI is InChI=1S/C39H69N3O14/c1-2-14-31(38(49)50)15-11-12-21-40-35(45)29-56-28-26-54-24-22-41-36(46)30-55-27-25-53-23-13-16-32(43)19-20-33(39(51)52)42-34(44)17-9-7-5-3-4-6-8-10-18-37(47)48/h31,33H,2-30H2,1H3,(H,40,45)(H,41,46)(H,42,44)(H,47,48)(H,49,50)(H,51,52)/t31-,33-/m0/s1. The van der Waals surface area contributed by atoms with Gasteiger partial charge in [-0.1, -0.05) is 58.3 Å². The number of carboxylic acid groups (broad SMARTS) is 3. The van der Waals surface area contributed by atoms with Crippen molar-refractivity contribution in [2.45, 2.75) is 135 Å². The predicted molar refractivity (Wildman–Crippen MR) is 206 cm³/mol. The molecule has 0 aliphatic heterocycles. The number of carboxylic acids is 3. The summed E-state index contributed by atoms with van der Waals surface area (Å²) in [5, 5.41) is 35.2. The lowest BCUT2D eigenvalue weighted by molar-refractivity contribution is -0.143. The molecule has 2 atom stereocenters. The van der Waals surface area contributed by atoms with E-state index >= 15 is 0 Å². The third kappa shape index (κ3) is 34.8. The topological polar surface area (TPSA) is 253 Å². The molecule has 0 unspecified atom stereocenters. The summed E-state index contributed by atoms with van der Waals surface area (Å²) in [4.78, 5) is 81.4. The molecule has 0 rings (SSSR count). The quantitative estimate of drug-likeness (QED) is 0.0483. The van der Waals surface area contributed by atoms with Crippen LogP contribution in [0.3, 0.4) is 0 Å². The van der Waals surface area contributed by atoms with Crippen LogP contribution >= 0.6 is 0 Å². The van der Waals surface area contributed by atoms with Crippen LogP contribution in [-0.4, -0.2) is 129 Å². The highest BCUT2D eigenvalue weighted by molar-refractivity contribution is 5.84. The summed E-state index contributed by atoms with van der Waals surface area (Å²) >= 11 is 0. The average molecular weight is 804 g/mol. The van der Waals surface area contributed by atoms with Gasteiger partial charge in [-0.05, 0) is 44.9 Å². The number of ketones is 1. The summed E-state index contributed by atoms with van der Waals surface area (Å²) < 4.78 is 21.4. The van der Waals surface area contributed by atoms with Crippen molar-refractivity contribution in [2.75, 3.05) is 65.9 Å². The monoisotopic (exact) mass is 803 g/mol. The Hall–Kier alpha value is -3.67. The molecular weight excluding hydrogens is 734 g/mol. The lowest BCUT2D eigenvalue weighted by Gasteiger charge is -2.14. The first-order chi connectivity index (χ1) is 27.0. The van der Waals surface area contributed by atoms with Gasteiger partial charge in [-0.25, -0.2) is 4.79 Å². The Morgan fingerprint density at radius 2 is 1.04 bits per heavy atom. The maximum atomic E-state index is 12.2. The van der Waals surface area contributed by atoms with E-state index in [1.54, 1.807) is 0 Å². The van der Waals surface area contributed by atoms with Gasteiger partial charge < -0.3 is 50.2 Å². The van der Waals surface area contributed by atoms with E-state index in [4.69, 9.17) is 29.2 Å². The van der Waals surface area contributed by atoms with Crippen molar-refractivity contribution in [3.63, 3.8) is 0 Å². The number of carbonyl (C=O) groups is 7. The average Bonchev–Trinajstić information content (AvgIpc) is 3.15. The molecule has 17 heteroatoms. The van der Waals surface area contributed by atoms with Gasteiger partial charge in [-0.3, -0.25) is 28.8 Å². The van der Waals surface area contributed by atoms with Crippen molar-refractivity contribution in [1.29, 1.82) is 0 Å². The smallest absolute Gasteiger partial charge is 0.326 e. The highest BCUT2D eigenvalue weighted by atomic mass is 16.5. The van der Waals surface area contributed by atoms with Gasteiger partial charge in [-0.15, -0.1) is 0 Å². The molecule has 0 fully saturated rings. The zero-order valence-corrected chi connectivity index (χ0v) is 33.5. The van der Waals surface area contributed by atoms with Gasteiger partial charge in [0.2, 0.25) is 17.7 Å². The zero-order valence-electron chi connectivity index (χ0n) is 33.5. The molecule has 0 radical (unpaired) electrons. The number of hydrogen-bond donors (Lipinski definition) is 6. The maximum absolute atomic E-state index is 12.2. The Kier molecular flexibility index (Phi) is 34.5. The number of ether oxygens (including phenoxy) is 4. The fourth-order valence-electron chi connectivity index (χ4n) is 5.57. The molecule has 0 bridgehead atoms. The van der Waals surface area contributed by atoms with Crippen molar-refractivity contribution in [1.82, 2.24) is 16.0 Å². The van der Waals surface area contributed by atoms with Crippen molar-refractivity contribution in [2.24, 2.45) is 5.92 Å². The fourth-order valence-corrected chi connectivity index (χ4v) is 5.57. The molecule has 56 heavy (non-hydrogen) atoms. The summed E-state index contributed by atoms with van der Waals surface area (Å²) in [5.74, 6) is -4.09. The Morgan fingerprint density at radius 3 is 1.61 bits per heavy atom. The maximum Gasteiger partial charge on any atom is 0.326 e. The molecule has 0 saturated heterocycles. The molecule has 0 aliphatic carbocycles. The minimum atomic E-state index is -1.18. The van der Waals surface area contributed by atoms with Gasteiger partial charge >= 0.3 is 17.9 Å². The first-order valence-electron chi connectivity index (χ1n) is 20.3. The van der Waals surface area contributed by atoms with Crippen molar-refractivity contribution in [3.05, 3.63) is 0 Å². The summed E-state index contributed by atoms with van der Waals surface area (Å²) in [7, 11) is 0. The molecule has 6 N–H and O–H groups in total. The van der Waals surface area contributed by atoms with Crippen LogP contribution in [0.5, 0.6) is 0 Å². The number of aliphatic carboxylic acids is 3. The van der Waals surface area contributed by atoms with E-state index in [2.05, 4.69) is 16.0 Å². The summed E-state index contributed by atoms with van der Waals surface area (Å²) in [6.45, 7) is 3.88. The van der Waals surface area contributed by atoms with E-state index in [0.717, 1.165) is 51.4 Å². The molecule has 17 nitrogen and oxygen atoms in total. The SMILES string of the molecule is CCC[C@@H](CCCCNC(=O)COCCOCCNC(=O)COCCOCCCC(=O)CC[C@H](NC(=O)CCCCCCCCCCC(=O)O)C(=O)O)C(=O)O. The van der Waals surface area contributed by atoms with Crippen LogP contribution in [0.25, 0.3) is 0 Å². The van der Waals surface area contributed by atoms with Crippen LogP contribution in [0, 0.1) is 5.92 Å². The van der Waals surface area contributed by atoms with Crippen molar-refractivity contribution >= 4 is 41.4 Å². The number of amides is 3. The van der Waals surface area contributed by atoms with Crippen LogP contribution in [0.4, 0.5) is 0 Å². The molecule has 0 aromatic heterocycles. The molecule has 0 spiro atoms. The van der Waals surface area contributed by atoms with E-state index in [1.165, 1.54) is 0 Å². The van der Waals surface area contributed by atoms with Crippen LogP contribution in [0.1, 0.15) is 129 Å². The lowest BCUT2D eigenvalue weighted by Crippen LogP contribution is -2.41. The van der Waals surface area contributed by atoms with Crippen LogP contribution in [0.2, 0.25) is 0 Å². The molecule has 0 saturated carbocycles. The van der Waals surface area contributed by atoms with Gasteiger partial charge in [0.15, 0.2) is 0 Å². The Morgan fingerprint density at radius 1 is 0.482 bits per heavy atom. The second kappa shape index (κ2) is 36.9. The third-order valence-corrected chi connectivity index (χ3v) is 8.70. The highest BCUT2D eigenvalue weighted by Crippen LogP contribution is 2.15. The van der Waals surface area contributed by atoms with E-state index in [1.807, 2.05) is 6.92 Å². The van der Waals surface area contributed by atoms with Gasteiger partial charge in [0.1, 0.15) is 25.0 Å². The van der Waals surface area contributed by atoms with Gasteiger partial charge in [0.25, 0.3) is 0 Å².